The van der Waals surface area contributed by atoms with E-state index in [1.807, 2.05) is 6.07 Å². The number of nitrogens with two attached hydrogens (primary N) is 1. The SMILES string of the molecule is CCCc1ccc(-c2ccoc2CN)cc1. The Hall–Kier alpha value is -1.54. The van der Waals surface area contributed by atoms with Crippen molar-refractivity contribution in [3.05, 3.63) is 47.9 Å². The molecule has 2 N–H and O–H groups in total. The highest BCUT2D eigenvalue weighted by atomic mass is 16.3. The zero-order valence-corrected chi connectivity index (χ0v) is 9.57. The number of rotatable bonds is 4. The summed E-state index contributed by atoms with van der Waals surface area (Å²) in [5, 5.41) is 0. The van der Waals surface area contributed by atoms with Crippen LogP contribution in [0.25, 0.3) is 11.1 Å². The molecule has 2 nitrogen and oxygen atoms in total. The van der Waals surface area contributed by atoms with Crippen molar-refractivity contribution in [2.45, 2.75) is 26.3 Å². The summed E-state index contributed by atoms with van der Waals surface area (Å²) in [4.78, 5) is 0. The number of hydrogen-bond donors (Lipinski definition) is 1. The van der Waals surface area contributed by atoms with Crippen LogP contribution in [-0.2, 0) is 13.0 Å². The van der Waals surface area contributed by atoms with Crippen LogP contribution in [0.1, 0.15) is 24.7 Å². The summed E-state index contributed by atoms with van der Waals surface area (Å²) < 4.78 is 5.32. The molecule has 0 aliphatic heterocycles. The fraction of sp³-hybridized carbons (Fsp3) is 0.286. The Morgan fingerprint density at radius 1 is 1.12 bits per heavy atom. The van der Waals surface area contributed by atoms with Crippen LogP contribution >= 0.6 is 0 Å². The summed E-state index contributed by atoms with van der Waals surface area (Å²) in [5.41, 5.74) is 9.27. The van der Waals surface area contributed by atoms with Crippen LogP contribution < -0.4 is 5.73 Å². The Balaban J connectivity index is 2.27. The van der Waals surface area contributed by atoms with Gasteiger partial charge >= 0.3 is 0 Å². The zero-order chi connectivity index (χ0) is 11.4. The Kier molecular flexibility index (Phi) is 3.42. The van der Waals surface area contributed by atoms with Gasteiger partial charge in [-0.3, -0.25) is 0 Å². The molecular formula is C14H17NO. The standard InChI is InChI=1S/C14H17NO/c1-2-3-11-4-6-12(7-5-11)13-8-9-16-14(13)10-15/h4-9H,2-3,10,15H2,1H3. The number of aryl methyl sites for hydroxylation is 1. The molecule has 16 heavy (non-hydrogen) atoms. The molecule has 0 aliphatic rings. The van der Waals surface area contributed by atoms with Crippen molar-refractivity contribution in [1.82, 2.24) is 0 Å². The molecule has 0 saturated carbocycles. The van der Waals surface area contributed by atoms with E-state index >= 15 is 0 Å². The van der Waals surface area contributed by atoms with Crippen LogP contribution in [0.5, 0.6) is 0 Å². The molecule has 0 saturated heterocycles. The fourth-order valence-corrected chi connectivity index (χ4v) is 1.90. The third-order valence-corrected chi connectivity index (χ3v) is 2.73. The number of furan rings is 1. The average molecular weight is 215 g/mol. The van der Waals surface area contributed by atoms with Gasteiger partial charge in [-0.2, -0.15) is 0 Å². The van der Waals surface area contributed by atoms with Crippen LogP contribution in [0.4, 0.5) is 0 Å². The van der Waals surface area contributed by atoms with Crippen LogP contribution in [0, 0.1) is 0 Å². The summed E-state index contributed by atoms with van der Waals surface area (Å²) in [5.74, 6) is 0.850. The first-order valence-corrected chi connectivity index (χ1v) is 5.71. The van der Waals surface area contributed by atoms with E-state index in [-0.39, 0.29) is 0 Å². The predicted molar refractivity (Wildman–Crippen MR) is 66.0 cm³/mol. The van der Waals surface area contributed by atoms with Gasteiger partial charge in [0.2, 0.25) is 0 Å². The summed E-state index contributed by atoms with van der Waals surface area (Å²) in [6, 6.07) is 10.6. The first-order chi connectivity index (χ1) is 7.85. The molecule has 84 valence electrons. The lowest BCUT2D eigenvalue weighted by atomic mass is 10.0. The molecule has 1 heterocycles. The maximum atomic E-state index is 5.62. The van der Waals surface area contributed by atoms with E-state index in [2.05, 4.69) is 31.2 Å². The first-order valence-electron chi connectivity index (χ1n) is 5.71. The molecule has 0 fully saturated rings. The second-order valence-electron chi connectivity index (χ2n) is 3.91. The van der Waals surface area contributed by atoms with Crippen molar-refractivity contribution in [2.75, 3.05) is 0 Å². The Bertz CT molecular complexity index is 442. The number of benzene rings is 1. The highest BCUT2D eigenvalue weighted by Crippen LogP contribution is 2.25. The molecule has 0 aliphatic carbocycles. The van der Waals surface area contributed by atoms with Crippen molar-refractivity contribution < 1.29 is 4.42 Å². The molecule has 2 heteroatoms. The summed E-state index contributed by atoms with van der Waals surface area (Å²) >= 11 is 0. The second kappa shape index (κ2) is 4.99. The van der Waals surface area contributed by atoms with E-state index in [1.54, 1.807) is 6.26 Å². The van der Waals surface area contributed by atoms with Gasteiger partial charge in [-0.25, -0.2) is 0 Å². The molecule has 1 aromatic heterocycles. The molecule has 0 radical (unpaired) electrons. The lowest BCUT2D eigenvalue weighted by Crippen LogP contribution is -1.95. The molecule has 2 rings (SSSR count). The Morgan fingerprint density at radius 2 is 1.88 bits per heavy atom. The van der Waals surface area contributed by atoms with Gasteiger partial charge in [0, 0.05) is 5.56 Å². The fourth-order valence-electron chi connectivity index (χ4n) is 1.90. The van der Waals surface area contributed by atoms with Gasteiger partial charge in [0.25, 0.3) is 0 Å². The molecule has 0 spiro atoms. The van der Waals surface area contributed by atoms with Crippen LogP contribution in [0.3, 0.4) is 0 Å². The molecule has 0 bridgehead atoms. The molecule has 2 aromatic rings. The van der Waals surface area contributed by atoms with Crippen molar-refractivity contribution in [3.63, 3.8) is 0 Å². The van der Waals surface area contributed by atoms with Gasteiger partial charge in [0.1, 0.15) is 5.76 Å². The largest absolute Gasteiger partial charge is 0.467 e. The third kappa shape index (κ3) is 2.17. The maximum Gasteiger partial charge on any atom is 0.125 e. The minimum absolute atomic E-state index is 0.443. The topological polar surface area (TPSA) is 39.2 Å². The smallest absolute Gasteiger partial charge is 0.125 e. The van der Waals surface area contributed by atoms with Crippen LogP contribution in [0.2, 0.25) is 0 Å². The van der Waals surface area contributed by atoms with E-state index in [9.17, 15) is 0 Å². The van der Waals surface area contributed by atoms with Crippen LogP contribution in [-0.4, -0.2) is 0 Å². The van der Waals surface area contributed by atoms with Gasteiger partial charge in [-0.1, -0.05) is 37.6 Å². The highest BCUT2D eigenvalue weighted by molar-refractivity contribution is 5.65. The lowest BCUT2D eigenvalue weighted by molar-refractivity contribution is 0.513. The van der Waals surface area contributed by atoms with Crippen molar-refractivity contribution in [2.24, 2.45) is 5.73 Å². The molecular weight excluding hydrogens is 198 g/mol. The van der Waals surface area contributed by atoms with Gasteiger partial charge < -0.3 is 10.2 Å². The van der Waals surface area contributed by atoms with Gasteiger partial charge in [0.15, 0.2) is 0 Å². The third-order valence-electron chi connectivity index (χ3n) is 2.73. The monoisotopic (exact) mass is 215 g/mol. The van der Waals surface area contributed by atoms with E-state index in [0.29, 0.717) is 6.54 Å². The molecule has 1 aromatic carbocycles. The molecule has 0 amide bonds. The van der Waals surface area contributed by atoms with Gasteiger partial charge in [0.05, 0.1) is 12.8 Å². The Labute approximate surface area is 96.1 Å². The normalized spacial score (nSPS) is 10.6. The highest BCUT2D eigenvalue weighted by Gasteiger charge is 2.06. The van der Waals surface area contributed by atoms with Crippen molar-refractivity contribution in [1.29, 1.82) is 0 Å². The van der Waals surface area contributed by atoms with E-state index in [1.165, 1.54) is 17.5 Å². The number of hydrogen-bond acceptors (Lipinski definition) is 2. The van der Waals surface area contributed by atoms with Crippen molar-refractivity contribution in [3.8, 4) is 11.1 Å². The summed E-state index contributed by atoms with van der Waals surface area (Å²) in [6.45, 7) is 2.63. The van der Waals surface area contributed by atoms with E-state index in [0.717, 1.165) is 17.7 Å². The van der Waals surface area contributed by atoms with Crippen molar-refractivity contribution >= 4 is 0 Å². The first kappa shape index (κ1) is 11.0. The maximum absolute atomic E-state index is 5.62. The summed E-state index contributed by atoms with van der Waals surface area (Å²) in [7, 11) is 0. The summed E-state index contributed by atoms with van der Waals surface area (Å²) in [6.07, 6.45) is 4.01. The van der Waals surface area contributed by atoms with E-state index in [4.69, 9.17) is 10.2 Å². The van der Waals surface area contributed by atoms with Gasteiger partial charge in [-0.05, 0) is 23.6 Å². The van der Waals surface area contributed by atoms with Gasteiger partial charge in [-0.15, -0.1) is 0 Å². The Morgan fingerprint density at radius 3 is 2.50 bits per heavy atom. The molecule has 0 unspecified atom stereocenters. The minimum Gasteiger partial charge on any atom is -0.467 e. The van der Waals surface area contributed by atoms with E-state index < -0.39 is 0 Å². The quantitative estimate of drug-likeness (QED) is 0.849. The molecule has 0 atom stereocenters. The minimum atomic E-state index is 0.443. The zero-order valence-electron chi connectivity index (χ0n) is 9.57. The lowest BCUT2D eigenvalue weighted by Gasteiger charge is -2.03. The average Bonchev–Trinajstić information content (AvgIpc) is 2.78. The predicted octanol–water partition coefficient (Wildman–Crippen LogP) is 3.36. The second-order valence-corrected chi connectivity index (χ2v) is 3.91. The van der Waals surface area contributed by atoms with Crippen LogP contribution in [0.15, 0.2) is 41.0 Å².